The first-order chi connectivity index (χ1) is 16.1. The number of esters is 1. The van der Waals surface area contributed by atoms with Crippen LogP contribution in [-0.4, -0.2) is 12.6 Å². The molecule has 0 aliphatic rings. The zero-order valence-electron chi connectivity index (χ0n) is 21.1. The van der Waals surface area contributed by atoms with E-state index in [4.69, 9.17) is 9.47 Å². The molecule has 182 valence electrons. The van der Waals surface area contributed by atoms with Gasteiger partial charge in [-0.2, -0.15) is 0 Å². The lowest BCUT2D eigenvalue weighted by Gasteiger charge is -2.10. The Bertz CT molecular complexity index is 764. The molecule has 0 aliphatic heterocycles. The molecule has 3 nitrogen and oxygen atoms in total. The maximum absolute atomic E-state index is 12.4. The smallest absolute Gasteiger partial charge is 0.343 e. The molecule has 0 unspecified atom stereocenters. The van der Waals surface area contributed by atoms with Crippen molar-refractivity contribution in [1.29, 1.82) is 0 Å². The quantitative estimate of drug-likeness (QED) is 0.137. The van der Waals surface area contributed by atoms with Crippen molar-refractivity contribution >= 4 is 5.97 Å². The van der Waals surface area contributed by atoms with Crippen molar-refractivity contribution in [2.75, 3.05) is 6.61 Å². The fourth-order valence-electron chi connectivity index (χ4n) is 3.87. The molecule has 0 amide bonds. The summed E-state index contributed by atoms with van der Waals surface area (Å²) >= 11 is 0. The highest BCUT2D eigenvalue weighted by atomic mass is 16.5. The van der Waals surface area contributed by atoms with E-state index in [1.807, 2.05) is 36.4 Å². The van der Waals surface area contributed by atoms with Gasteiger partial charge in [-0.05, 0) is 60.7 Å². The molecule has 2 aromatic carbocycles. The lowest BCUT2D eigenvalue weighted by Crippen LogP contribution is -2.08. The second-order valence-corrected chi connectivity index (χ2v) is 9.31. The standard InChI is InChI=1S/C30H44O3/c1-4-6-7-8-9-10-11-12-13-14-23-32-28-21-17-27(18-22-28)30(31)33-29-19-15-26(16-20-29)24-25(3)5-2/h15-22,25H,4-14,23-24H2,1-3H3/t25-/m0/s1. The number of unbranched alkanes of at least 4 members (excludes halogenated alkanes) is 9. The molecule has 0 N–H and O–H groups in total. The Kier molecular flexibility index (Phi) is 13.4. The third kappa shape index (κ3) is 11.4. The molecule has 0 saturated heterocycles. The minimum atomic E-state index is -0.342. The van der Waals surface area contributed by atoms with Gasteiger partial charge >= 0.3 is 5.97 Å². The molecule has 0 bridgehead atoms. The van der Waals surface area contributed by atoms with Gasteiger partial charge in [-0.1, -0.05) is 97.1 Å². The van der Waals surface area contributed by atoms with Crippen LogP contribution in [0.25, 0.3) is 0 Å². The van der Waals surface area contributed by atoms with E-state index in [1.165, 1.54) is 63.4 Å². The van der Waals surface area contributed by atoms with Crippen LogP contribution >= 0.6 is 0 Å². The first-order valence-electron chi connectivity index (χ1n) is 13.2. The van der Waals surface area contributed by atoms with Gasteiger partial charge in [-0.3, -0.25) is 0 Å². The normalized spacial score (nSPS) is 11.8. The molecule has 0 heterocycles. The van der Waals surface area contributed by atoms with Gasteiger partial charge in [-0.15, -0.1) is 0 Å². The van der Waals surface area contributed by atoms with Crippen LogP contribution in [0.4, 0.5) is 0 Å². The molecule has 0 aliphatic carbocycles. The molecular formula is C30H44O3. The zero-order chi connectivity index (χ0) is 23.7. The Labute approximate surface area is 201 Å². The molecule has 0 saturated carbocycles. The van der Waals surface area contributed by atoms with Gasteiger partial charge in [0.1, 0.15) is 11.5 Å². The Balaban J connectivity index is 1.61. The summed E-state index contributed by atoms with van der Waals surface area (Å²) < 4.78 is 11.4. The number of hydrogen-bond acceptors (Lipinski definition) is 3. The molecule has 0 spiro atoms. The van der Waals surface area contributed by atoms with Crippen molar-refractivity contribution in [1.82, 2.24) is 0 Å². The largest absolute Gasteiger partial charge is 0.494 e. The lowest BCUT2D eigenvalue weighted by atomic mass is 9.99. The highest BCUT2D eigenvalue weighted by Crippen LogP contribution is 2.19. The molecular weight excluding hydrogens is 408 g/mol. The summed E-state index contributed by atoms with van der Waals surface area (Å²) in [6.07, 6.45) is 15.4. The summed E-state index contributed by atoms with van der Waals surface area (Å²) in [5.41, 5.74) is 1.80. The van der Waals surface area contributed by atoms with Crippen molar-refractivity contribution in [2.24, 2.45) is 5.92 Å². The fourth-order valence-corrected chi connectivity index (χ4v) is 3.87. The summed E-state index contributed by atoms with van der Waals surface area (Å²) in [6.45, 7) is 7.44. The van der Waals surface area contributed by atoms with E-state index in [0.29, 0.717) is 17.2 Å². The van der Waals surface area contributed by atoms with Crippen LogP contribution in [0.15, 0.2) is 48.5 Å². The summed E-state index contributed by atoms with van der Waals surface area (Å²) in [7, 11) is 0. The van der Waals surface area contributed by atoms with Crippen LogP contribution in [0.1, 0.15) is 107 Å². The third-order valence-electron chi connectivity index (χ3n) is 6.27. The van der Waals surface area contributed by atoms with E-state index < -0.39 is 0 Å². The maximum atomic E-state index is 12.4. The summed E-state index contributed by atoms with van der Waals surface area (Å²) in [6, 6.07) is 15.1. The van der Waals surface area contributed by atoms with Crippen molar-refractivity contribution in [3.8, 4) is 11.5 Å². The Morgan fingerprint density at radius 2 is 1.27 bits per heavy atom. The second-order valence-electron chi connectivity index (χ2n) is 9.31. The average molecular weight is 453 g/mol. The summed E-state index contributed by atoms with van der Waals surface area (Å²) in [5, 5.41) is 0. The van der Waals surface area contributed by atoms with Crippen LogP contribution in [0, 0.1) is 5.92 Å². The molecule has 2 rings (SSSR count). The maximum Gasteiger partial charge on any atom is 0.343 e. The van der Waals surface area contributed by atoms with Gasteiger partial charge in [0.25, 0.3) is 0 Å². The minimum absolute atomic E-state index is 0.342. The number of carbonyl (C=O) groups is 1. The van der Waals surface area contributed by atoms with Gasteiger partial charge in [0.15, 0.2) is 0 Å². The van der Waals surface area contributed by atoms with Crippen molar-refractivity contribution in [2.45, 2.75) is 97.8 Å². The van der Waals surface area contributed by atoms with Crippen LogP contribution < -0.4 is 9.47 Å². The molecule has 0 fully saturated rings. The van der Waals surface area contributed by atoms with Crippen LogP contribution in [0.2, 0.25) is 0 Å². The minimum Gasteiger partial charge on any atom is -0.494 e. The summed E-state index contributed by atoms with van der Waals surface area (Å²) in [5.74, 6) is 1.70. The number of benzene rings is 2. The summed E-state index contributed by atoms with van der Waals surface area (Å²) in [4.78, 5) is 12.4. The zero-order valence-corrected chi connectivity index (χ0v) is 21.1. The van der Waals surface area contributed by atoms with Gasteiger partial charge in [0, 0.05) is 0 Å². The van der Waals surface area contributed by atoms with Crippen LogP contribution in [0.5, 0.6) is 11.5 Å². The van der Waals surface area contributed by atoms with E-state index in [9.17, 15) is 4.79 Å². The topological polar surface area (TPSA) is 35.5 Å². The lowest BCUT2D eigenvalue weighted by molar-refractivity contribution is 0.0734. The molecule has 1 atom stereocenters. The molecule has 0 radical (unpaired) electrons. The molecule has 2 aromatic rings. The molecule has 0 aromatic heterocycles. The van der Waals surface area contributed by atoms with E-state index in [1.54, 1.807) is 12.1 Å². The number of hydrogen-bond donors (Lipinski definition) is 0. The second kappa shape index (κ2) is 16.3. The first-order valence-corrected chi connectivity index (χ1v) is 13.2. The predicted octanol–water partition coefficient (Wildman–Crippen LogP) is 8.79. The number of rotatable bonds is 17. The van der Waals surface area contributed by atoms with E-state index in [-0.39, 0.29) is 5.97 Å². The monoisotopic (exact) mass is 452 g/mol. The SMILES string of the molecule is CCCCCCCCCCCCOc1ccc(C(=O)Oc2ccc(C[C@@H](C)CC)cc2)cc1. The Hall–Kier alpha value is -2.29. The number of carbonyl (C=O) groups excluding carboxylic acids is 1. The van der Waals surface area contributed by atoms with Gasteiger partial charge < -0.3 is 9.47 Å². The van der Waals surface area contributed by atoms with Crippen molar-refractivity contribution in [3.05, 3.63) is 59.7 Å². The van der Waals surface area contributed by atoms with E-state index in [2.05, 4.69) is 20.8 Å². The fraction of sp³-hybridized carbons (Fsp3) is 0.567. The predicted molar refractivity (Wildman–Crippen MR) is 138 cm³/mol. The first kappa shape index (κ1) is 27.0. The highest BCUT2D eigenvalue weighted by Gasteiger charge is 2.09. The van der Waals surface area contributed by atoms with Crippen molar-refractivity contribution in [3.63, 3.8) is 0 Å². The van der Waals surface area contributed by atoms with Crippen LogP contribution in [0.3, 0.4) is 0 Å². The average Bonchev–Trinajstić information content (AvgIpc) is 2.84. The Morgan fingerprint density at radius 1 is 0.727 bits per heavy atom. The van der Waals surface area contributed by atoms with E-state index >= 15 is 0 Å². The highest BCUT2D eigenvalue weighted by molar-refractivity contribution is 5.91. The Morgan fingerprint density at radius 3 is 1.85 bits per heavy atom. The molecule has 3 heteroatoms. The van der Waals surface area contributed by atoms with E-state index in [0.717, 1.165) is 31.6 Å². The number of ether oxygens (including phenoxy) is 2. The van der Waals surface area contributed by atoms with Crippen LogP contribution in [-0.2, 0) is 6.42 Å². The third-order valence-corrected chi connectivity index (χ3v) is 6.27. The molecule has 33 heavy (non-hydrogen) atoms. The van der Waals surface area contributed by atoms with Gasteiger partial charge in [0.05, 0.1) is 12.2 Å². The van der Waals surface area contributed by atoms with Crippen molar-refractivity contribution < 1.29 is 14.3 Å². The van der Waals surface area contributed by atoms with Gasteiger partial charge in [0.2, 0.25) is 0 Å². The van der Waals surface area contributed by atoms with Gasteiger partial charge in [-0.25, -0.2) is 4.79 Å².